The summed E-state index contributed by atoms with van der Waals surface area (Å²) >= 11 is 9.15. The Bertz CT molecular complexity index is 718. The molecule has 0 aliphatic heterocycles. The zero-order valence-electron chi connectivity index (χ0n) is 10.5. The van der Waals surface area contributed by atoms with Crippen molar-refractivity contribution in [2.75, 3.05) is 17.1 Å². The molecule has 0 saturated heterocycles. The average Bonchev–Trinajstić information content (AvgIpc) is 2.43. The number of nitrogens with one attached hydrogen (secondary N) is 2. The summed E-state index contributed by atoms with van der Waals surface area (Å²) in [6.45, 7) is 0. The molecule has 2 rings (SSSR count). The molecule has 0 radical (unpaired) electrons. The number of halogens is 2. The van der Waals surface area contributed by atoms with Crippen molar-refractivity contribution >= 4 is 48.9 Å². The van der Waals surface area contributed by atoms with Crippen molar-refractivity contribution in [2.45, 2.75) is 4.90 Å². The lowest BCUT2D eigenvalue weighted by Crippen LogP contribution is -2.13. The quantitative estimate of drug-likeness (QED) is 0.851. The maximum absolute atomic E-state index is 12.3. The monoisotopic (exact) mass is 374 g/mol. The van der Waals surface area contributed by atoms with Crippen LogP contribution in [0.15, 0.2) is 51.8 Å². The molecule has 0 spiro atoms. The van der Waals surface area contributed by atoms with Crippen LogP contribution in [0.1, 0.15) is 0 Å². The van der Waals surface area contributed by atoms with Crippen LogP contribution in [0.3, 0.4) is 0 Å². The van der Waals surface area contributed by atoms with E-state index in [2.05, 4.69) is 26.0 Å². The van der Waals surface area contributed by atoms with Crippen molar-refractivity contribution in [2.24, 2.45) is 0 Å². The summed E-state index contributed by atoms with van der Waals surface area (Å²) in [5, 5.41) is 3.39. The second-order valence-corrected chi connectivity index (χ2v) is 6.98. The number of rotatable bonds is 4. The average molecular weight is 376 g/mol. The highest BCUT2D eigenvalue weighted by Crippen LogP contribution is 2.28. The molecule has 0 saturated carbocycles. The molecule has 0 heterocycles. The third-order valence-electron chi connectivity index (χ3n) is 2.63. The Kier molecular flexibility index (Phi) is 4.57. The molecule has 0 fully saturated rings. The van der Waals surface area contributed by atoms with Crippen molar-refractivity contribution in [3.63, 3.8) is 0 Å². The van der Waals surface area contributed by atoms with Gasteiger partial charge in [0.2, 0.25) is 0 Å². The summed E-state index contributed by atoms with van der Waals surface area (Å²) in [7, 11) is -1.88. The van der Waals surface area contributed by atoms with Gasteiger partial charge in [0.05, 0.1) is 10.6 Å². The molecule has 0 amide bonds. The molecule has 4 nitrogen and oxygen atoms in total. The van der Waals surface area contributed by atoms with Gasteiger partial charge in [0.25, 0.3) is 10.0 Å². The Hall–Kier alpha value is -1.24. The molecule has 0 aliphatic carbocycles. The number of anilines is 2. The molecule has 0 atom stereocenters. The van der Waals surface area contributed by atoms with E-state index in [1.165, 1.54) is 12.1 Å². The van der Waals surface area contributed by atoms with Gasteiger partial charge in [-0.15, -0.1) is 0 Å². The lowest BCUT2D eigenvalue weighted by atomic mass is 10.3. The second kappa shape index (κ2) is 6.03. The van der Waals surface area contributed by atoms with E-state index in [0.717, 1.165) is 5.69 Å². The van der Waals surface area contributed by atoms with Crippen LogP contribution in [0.25, 0.3) is 0 Å². The fraction of sp³-hybridized carbons (Fsp3) is 0.0769. The molecule has 106 valence electrons. The SMILES string of the molecule is CNc1ccc(S(=O)(=O)Nc2cc(Cl)ccc2Br)cc1. The van der Waals surface area contributed by atoms with Crippen molar-refractivity contribution in [3.8, 4) is 0 Å². The third kappa shape index (κ3) is 3.45. The highest BCUT2D eigenvalue weighted by atomic mass is 79.9. The molecule has 7 heteroatoms. The summed E-state index contributed by atoms with van der Waals surface area (Å²) in [6, 6.07) is 11.4. The molecule has 2 aromatic carbocycles. The normalized spacial score (nSPS) is 11.2. The van der Waals surface area contributed by atoms with Crippen molar-refractivity contribution < 1.29 is 8.42 Å². The van der Waals surface area contributed by atoms with Crippen molar-refractivity contribution in [1.29, 1.82) is 0 Å². The minimum absolute atomic E-state index is 0.184. The summed E-state index contributed by atoms with van der Waals surface area (Å²) in [4.78, 5) is 0.184. The highest BCUT2D eigenvalue weighted by molar-refractivity contribution is 9.10. The van der Waals surface area contributed by atoms with Gasteiger partial charge in [0.1, 0.15) is 0 Å². The Morgan fingerprint density at radius 2 is 1.75 bits per heavy atom. The molecule has 0 aromatic heterocycles. The van der Waals surface area contributed by atoms with Crippen LogP contribution in [0.5, 0.6) is 0 Å². The van der Waals surface area contributed by atoms with Gasteiger partial charge in [-0.1, -0.05) is 11.6 Å². The van der Waals surface area contributed by atoms with Crippen LogP contribution in [-0.2, 0) is 10.0 Å². The Balaban J connectivity index is 2.32. The first kappa shape index (κ1) is 15.2. The van der Waals surface area contributed by atoms with Crippen LogP contribution >= 0.6 is 27.5 Å². The van der Waals surface area contributed by atoms with Gasteiger partial charge in [-0.2, -0.15) is 0 Å². The number of benzene rings is 2. The van der Waals surface area contributed by atoms with E-state index in [-0.39, 0.29) is 4.90 Å². The van der Waals surface area contributed by atoms with Gasteiger partial charge in [-0.25, -0.2) is 8.42 Å². The van der Waals surface area contributed by atoms with Crippen LogP contribution in [0.4, 0.5) is 11.4 Å². The first-order valence-corrected chi connectivity index (χ1v) is 8.33. The Morgan fingerprint density at radius 3 is 2.35 bits per heavy atom. The lowest BCUT2D eigenvalue weighted by Gasteiger charge is -2.10. The molecular formula is C13H12BrClN2O2S. The smallest absolute Gasteiger partial charge is 0.261 e. The molecular weight excluding hydrogens is 364 g/mol. The molecule has 20 heavy (non-hydrogen) atoms. The Morgan fingerprint density at radius 1 is 1.10 bits per heavy atom. The first-order valence-electron chi connectivity index (χ1n) is 5.68. The summed E-state index contributed by atoms with van der Waals surface area (Å²) < 4.78 is 27.7. The molecule has 2 N–H and O–H groups in total. The van der Waals surface area contributed by atoms with Gasteiger partial charge in [-0.3, -0.25) is 4.72 Å². The van der Waals surface area contributed by atoms with E-state index in [1.54, 1.807) is 37.4 Å². The summed E-state index contributed by atoms with van der Waals surface area (Å²) in [6.07, 6.45) is 0. The van der Waals surface area contributed by atoms with E-state index in [9.17, 15) is 8.42 Å². The topological polar surface area (TPSA) is 58.2 Å². The highest BCUT2D eigenvalue weighted by Gasteiger charge is 2.15. The fourth-order valence-corrected chi connectivity index (χ4v) is 3.30. The van der Waals surface area contributed by atoms with Crippen LogP contribution in [0, 0.1) is 0 Å². The predicted molar refractivity (Wildman–Crippen MR) is 85.9 cm³/mol. The number of hydrogen-bond donors (Lipinski definition) is 2. The Labute approximate surface area is 131 Å². The molecule has 0 bridgehead atoms. The van der Waals surface area contributed by atoms with Crippen molar-refractivity contribution in [1.82, 2.24) is 0 Å². The molecule has 0 unspecified atom stereocenters. The summed E-state index contributed by atoms with van der Waals surface area (Å²) in [5.74, 6) is 0. The van der Waals surface area contributed by atoms with Crippen molar-refractivity contribution in [3.05, 3.63) is 52.0 Å². The predicted octanol–water partition coefficient (Wildman–Crippen LogP) is 3.95. The van der Waals surface area contributed by atoms with E-state index in [4.69, 9.17) is 11.6 Å². The van der Waals surface area contributed by atoms with E-state index >= 15 is 0 Å². The minimum atomic E-state index is -3.64. The fourth-order valence-electron chi connectivity index (χ4n) is 1.58. The van der Waals surface area contributed by atoms with Gasteiger partial charge < -0.3 is 5.32 Å². The van der Waals surface area contributed by atoms with Gasteiger partial charge in [0.15, 0.2) is 0 Å². The molecule has 0 aliphatic rings. The van der Waals surface area contributed by atoms with Gasteiger partial charge in [-0.05, 0) is 58.4 Å². The van der Waals surface area contributed by atoms with Crippen LogP contribution in [-0.4, -0.2) is 15.5 Å². The number of hydrogen-bond acceptors (Lipinski definition) is 3. The first-order chi connectivity index (χ1) is 9.42. The standard InChI is InChI=1S/C13H12BrClN2O2S/c1-16-10-3-5-11(6-4-10)20(18,19)17-13-8-9(15)2-7-12(13)14/h2-8,16-17H,1H3. The maximum Gasteiger partial charge on any atom is 0.261 e. The van der Waals surface area contributed by atoms with Gasteiger partial charge in [0, 0.05) is 22.2 Å². The van der Waals surface area contributed by atoms with E-state index in [1.807, 2.05) is 0 Å². The maximum atomic E-state index is 12.3. The van der Waals surface area contributed by atoms with Crippen LogP contribution in [0.2, 0.25) is 5.02 Å². The lowest BCUT2D eigenvalue weighted by molar-refractivity contribution is 0.601. The van der Waals surface area contributed by atoms with E-state index in [0.29, 0.717) is 15.2 Å². The summed E-state index contributed by atoms with van der Waals surface area (Å²) in [5.41, 5.74) is 1.24. The zero-order valence-corrected chi connectivity index (χ0v) is 13.7. The number of sulfonamides is 1. The third-order valence-corrected chi connectivity index (χ3v) is 4.93. The largest absolute Gasteiger partial charge is 0.388 e. The minimum Gasteiger partial charge on any atom is -0.388 e. The zero-order chi connectivity index (χ0) is 14.8. The van der Waals surface area contributed by atoms with Crippen LogP contribution < -0.4 is 10.0 Å². The molecule has 2 aromatic rings. The van der Waals surface area contributed by atoms with E-state index < -0.39 is 10.0 Å². The van der Waals surface area contributed by atoms with Gasteiger partial charge >= 0.3 is 0 Å². The second-order valence-electron chi connectivity index (χ2n) is 4.00.